The molecule has 9 heteroatoms. The number of rotatable bonds is 7. The molecule has 3 rings (SSSR count). The summed E-state index contributed by atoms with van der Waals surface area (Å²) in [7, 11) is 0. The highest BCUT2D eigenvalue weighted by Crippen LogP contribution is 2.32. The zero-order valence-electron chi connectivity index (χ0n) is 15.1. The molecule has 0 unspecified atom stereocenters. The molecule has 2 aromatic rings. The minimum absolute atomic E-state index is 0.112. The van der Waals surface area contributed by atoms with Gasteiger partial charge in [0.1, 0.15) is 5.76 Å². The van der Waals surface area contributed by atoms with Gasteiger partial charge in [-0.15, -0.1) is 11.8 Å². The van der Waals surface area contributed by atoms with Crippen molar-refractivity contribution in [3.8, 4) is 0 Å². The summed E-state index contributed by atoms with van der Waals surface area (Å²) >= 11 is 1.22. The first-order valence-corrected chi connectivity index (χ1v) is 9.97. The number of amides is 1. The van der Waals surface area contributed by atoms with Gasteiger partial charge in [-0.3, -0.25) is 4.79 Å². The lowest BCUT2D eigenvalue weighted by Crippen LogP contribution is -2.33. The molecule has 28 heavy (non-hydrogen) atoms. The summed E-state index contributed by atoms with van der Waals surface area (Å²) in [6.45, 7) is 2.09. The Morgan fingerprint density at radius 1 is 1.25 bits per heavy atom. The second-order valence-corrected chi connectivity index (χ2v) is 7.68. The van der Waals surface area contributed by atoms with E-state index in [9.17, 15) is 18.0 Å². The van der Waals surface area contributed by atoms with E-state index < -0.39 is 11.7 Å². The standard InChI is InChI=1S/C19H21F3N2O3S/c20-19(21,22)14-2-1-3-17(8-14)28-12-16-9-15(24-27-16)10-18(25)23-11-13-4-6-26-7-5-13/h1-3,8-9,13H,4-7,10-12H2,(H,23,25). The number of carbonyl (C=O) groups excluding carboxylic acids is 1. The second-order valence-electron chi connectivity index (χ2n) is 6.64. The maximum Gasteiger partial charge on any atom is 0.416 e. The lowest BCUT2D eigenvalue weighted by Gasteiger charge is -2.21. The number of carbonyl (C=O) groups is 1. The van der Waals surface area contributed by atoms with E-state index in [2.05, 4.69) is 10.5 Å². The molecule has 5 nitrogen and oxygen atoms in total. The number of alkyl halides is 3. The van der Waals surface area contributed by atoms with Crippen molar-refractivity contribution in [1.29, 1.82) is 0 Å². The molecule has 1 saturated heterocycles. The molecule has 0 bridgehead atoms. The normalized spacial score (nSPS) is 15.5. The van der Waals surface area contributed by atoms with Crippen LogP contribution < -0.4 is 5.32 Å². The Morgan fingerprint density at radius 3 is 2.79 bits per heavy atom. The van der Waals surface area contributed by atoms with E-state index in [-0.39, 0.29) is 12.3 Å². The predicted octanol–water partition coefficient (Wildman–Crippen LogP) is 4.07. The average Bonchev–Trinajstić information content (AvgIpc) is 3.12. The van der Waals surface area contributed by atoms with Crippen LogP contribution in [-0.4, -0.2) is 30.8 Å². The number of benzene rings is 1. The van der Waals surface area contributed by atoms with Crippen LogP contribution in [0.3, 0.4) is 0 Å². The highest BCUT2D eigenvalue weighted by Gasteiger charge is 2.30. The van der Waals surface area contributed by atoms with Gasteiger partial charge in [-0.05, 0) is 37.0 Å². The van der Waals surface area contributed by atoms with E-state index in [1.165, 1.54) is 17.8 Å². The van der Waals surface area contributed by atoms with Crippen LogP contribution in [0.1, 0.15) is 29.9 Å². The molecule has 0 aliphatic carbocycles. The fourth-order valence-electron chi connectivity index (χ4n) is 2.86. The number of hydrogen-bond donors (Lipinski definition) is 1. The van der Waals surface area contributed by atoms with E-state index in [0.29, 0.717) is 34.6 Å². The summed E-state index contributed by atoms with van der Waals surface area (Å²) in [5, 5.41) is 6.77. The molecule has 0 spiro atoms. The van der Waals surface area contributed by atoms with Crippen molar-refractivity contribution in [2.75, 3.05) is 19.8 Å². The smallest absolute Gasteiger partial charge is 0.381 e. The van der Waals surface area contributed by atoms with Crippen molar-refractivity contribution < 1.29 is 27.2 Å². The molecule has 2 heterocycles. The van der Waals surface area contributed by atoms with E-state index >= 15 is 0 Å². The highest BCUT2D eigenvalue weighted by molar-refractivity contribution is 7.98. The van der Waals surface area contributed by atoms with Gasteiger partial charge >= 0.3 is 6.18 Å². The van der Waals surface area contributed by atoms with E-state index in [1.54, 1.807) is 12.1 Å². The number of thioether (sulfide) groups is 1. The Labute approximate surface area is 165 Å². The maximum atomic E-state index is 12.8. The lowest BCUT2D eigenvalue weighted by molar-refractivity contribution is -0.137. The van der Waals surface area contributed by atoms with Crippen LogP contribution in [0.25, 0.3) is 0 Å². The van der Waals surface area contributed by atoms with Crippen LogP contribution in [0.15, 0.2) is 39.8 Å². The van der Waals surface area contributed by atoms with Gasteiger partial charge in [0.25, 0.3) is 0 Å². The molecule has 1 N–H and O–H groups in total. The van der Waals surface area contributed by atoms with Gasteiger partial charge in [-0.2, -0.15) is 13.2 Å². The van der Waals surface area contributed by atoms with Crippen molar-refractivity contribution in [2.24, 2.45) is 5.92 Å². The molecule has 0 radical (unpaired) electrons. The first-order valence-electron chi connectivity index (χ1n) is 8.99. The van der Waals surface area contributed by atoms with Crippen molar-refractivity contribution >= 4 is 17.7 Å². The largest absolute Gasteiger partial charge is 0.416 e. The highest BCUT2D eigenvalue weighted by atomic mass is 32.2. The average molecular weight is 414 g/mol. The quantitative estimate of drug-likeness (QED) is 0.692. The maximum absolute atomic E-state index is 12.8. The number of ether oxygens (including phenoxy) is 1. The first-order chi connectivity index (χ1) is 13.4. The predicted molar refractivity (Wildman–Crippen MR) is 97.8 cm³/mol. The molecule has 1 amide bonds. The Kier molecular flexibility index (Phi) is 7.01. The van der Waals surface area contributed by atoms with Gasteiger partial charge in [-0.25, -0.2) is 0 Å². The van der Waals surface area contributed by atoms with Crippen molar-refractivity contribution in [2.45, 2.75) is 36.1 Å². The second kappa shape index (κ2) is 9.47. The number of nitrogens with one attached hydrogen (secondary N) is 1. The van der Waals surface area contributed by atoms with Gasteiger partial charge < -0.3 is 14.6 Å². The van der Waals surface area contributed by atoms with Crippen LogP contribution in [0.4, 0.5) is 13.2 Å². The summed E-state index contributed by atoms with van der Waals surface area (Å²) in [5.41, 5.74) is -0.180. The topological polar surface area (TPSA) is 64.4 Å². The molecular formula is C19H21F3N2O3S. The summed E-state index contributed by atoms with van der Waals surface area (Å²) in [6, 6.07) is 6.79. The molecule has 1 aromatic heterocycles. The zero-order chi connectivity index (χ0) is 20.0. The lowest BCUT2D eigenvalue weighted by atomic mass is 10.0. The van der Waals surface area contributed by atoms with Gasteiger partial charge in [-0.1, -0.05) is 11.2 Å². The van der Waals surface area contributed by atoms with E-state index in [0.717, 1.165) is 38.2 Å². The summed E-state index contributed by atoms with van der Waals surface area (Å²) in [5.74, 6) is 1.15. The zero-order valence-corrected chi connectivity index (χ0v) is 15.9. The Balaban J connectivity index is 1.45. The van der Waals surface area contributed by atoms with Gasteiger partial charge in [0.2, 0.25) is 5.91 Å². The Bertz CT molecular complexity index is 789. The Hall–Kier alpha value is -2.00. The van der Waals surface area contributed by atoms with Crippen molar-refractivity contribution in [1.82, 2.24) is 10.5 Å². The van der Waals surface area contributed by atoms with Crippen LogP contribution in [-0.2, 0) is 27.9 Å². The van der Waals surface area contributed by atoms with Crippen LogP contribution in [0.5, 0.6) is 0 Å². The number of hydrogen-bond acceptors (Lipinski definition) is 5. The first kappa shape index (κ1) is 20.7. The summed E-state index contributed by atoms with van der Waals surface area (Å²) < 4.78 is 48.7. The number of aromatic nitrogens is 1. The molecule has 1 aromatic carbocycles. The van der Waals surface area contributed by atoms with Crippen LogP contribution in [0, 0.1) is 5.92 Å². The van der Waals surface area contributed by atoms with Crippen LogP contribution in [0.2, 0.25) is 0 Å². The third-order valence-electron chi connectivity index (χ3n) is 4.42. The number of halogens is 3. The number of nitrogens with zero attached hydrogens (tertiary/aromatic N) is 1. The Morgan fingerprint density at radius 2 is 2.04 bits per heavy atom. The fraction of sp³-hybridized carbons (Fsp3) is 0.474. The molecule has 1 aliphatic heterocycles. The van der Waals surface area contributed by atoms with Gasteiger partial charge in [0.15, 0.2) is 0 Å². The third-order valence-corrected chi connectivity index (χ3v) is 5.44. The monoisotopic (exact) mass is 414 g/mol. The molecule has 0 saturated carbocycles. The summed E-state index contributed by atoms with van der Waals surface area (Å²) in [4.78, 5) is 12.5. The van der Waals surface area contributed by atoms with E-state index in [1.807, 2.05) is 0 Å². The van der Waals surface area contributed by atoms with Gasteiger partial charge in [0, 0.05) is 30.7 Å². The summed E-state index contributed by atoms with van der Waals surface area (Å²) in [6.07, 6.45) is -2.36. The van der Waals surface area contributed by atoms with Crippen LogP contribution >= 0.6 is 11.8 Å². The van der Waals surface area contributed by atoms with Crippen molar-refractivity contribution in [3.05, 3.63) is 47.3 Å². The molecular weight excluding hydrogens is 393 g/mol. The molecule has 152 valence electrons. The molecule has 0 atom stereocenters. The minimum Gasteiger partial charge on any atom is -0.381 e. The van der Waals surface area contributed by atoms with Gasteiger partial charge in [0.05, 0.1) is 23.4 Å². The third kappa shape index (κ3) is 6.27. The minimum atomic E-state index is -4.37. The van der Waals surface area contributed by atoms with E-state index in [4.69, 9.17) is 9.26 Å². The molecule has 1 fully saturated rings. The fourth-order valence-corrected chi connectivity index (χ4v) is 3.69. The molecule has 1 aliphatic rings. The van der Waals surface area contributed by atoms with Crippen molar-refractivity contribution in [3.63, 3.8) is 0 Å². The SMILES string of the molecule is O=C(Cc1cc(CSc2cccc(C(F)(F)F)c2)on1)NCC1CCOCC1.